The fraction of sp³-hybridized carbons (Fsp3) is 0.533. The lowest BCUT2D eigenvalue weighted by molar-refractivity contribution is -0.132. The van der Waals surface area contributed by atoms with Crippen LogP contribution in [0.4, 0.5) is 0 Å². The maximum absolute atomic E-state index is 12.4. The molecule has 0 aliphatic carbocycles. The molecule has 0 aliphatic heterocycles. The molecule has 1 unspecified atom stereocenters. The Morgan fingerprint density at radius 1 is 1.33 bits per heavy atom. The summed E-state index contributed by atoms with van der Waals surface area (Å²) >= 11 is 0. The number of pyridine rings is 1. The second kappa shape index (κ2) is 8.36. The smallest absolute Gasteiger partial charge is 0.270 e. The Kier molecular flexibility index (Phi) is 6.81. The van der Waals surface area contributed by atoms with E-state index < -0.39 is 6.04 Å². The standard InChI is InChI=1S/C15H24N4O2/c1-11(2)13(15(21)19(4)10-9-16-3)18-14(20)12-7-5-6-8-17-12/h5-8,11,13,16H,9-10H2,1-4H3,(H,18,20). The maximum atomic E-state index is 12.4. The minimum Gasteiger partial charge on any atom is -0.343 e. The summed E-state index contributed by atoms with van der Waals surface area (Å²) in [6.45, 7) is 5.12. The van der Waals surface area contributed by atoms with E-state index in [-0.39, 0.29) is 17.7 Å². The zero-order chi connectivity index (χ0) is 15.8. The van der Waals surface area contributed by atoms with E-state index >= 15 is 0 Å². The first kappa shape index (κ1) is 17.1. The second-order valence-corrected chi connectivity index (χ2v) is 5.27. The van der Waals surface area contributed by atoms with Crippen molar-refractivity contribution in [2.24, 2.45) is 5.92 Å². The van der Waals surface area contributed by atoms with Gasteiger partial charge in [0.15, 0.2) is 0 Å². The number of carbonyl (C=O) groups is 2. The zero-order valence-electron chi connectivity index (χ0n) is 13.1. The molecule has 0 saturated carbocycles. The minimum atomic E-state index is -0.554. The number of nitrogens with zero attached hydrogens (tertiary/aromatic N) is 2. The molecule has 0 aromatic carbocycles. The van der Waals surface area contributed by atoms with Crippen LogP contribution in [0.3, 0.4) is 0 Å². The van der Waals surface area contributed by atoms with Gasteiger partial charge in [0.1, 0.15) is 11.7 Å². The van der Waals surface area contributed by atoms with Gasteiger partial charge in [-0.3, -0.25) is 14.6 Å². The van der Waals surface area contributed by atoms with Crippen molar-refractivity contribution >= 4 is 11.8 Å². The molecular weight excluding hydrogens is 268 g/mol. The first-order valence-electron chi connectivity index (χ1n) is 7.08. The minimum absolute atomic E-state index is 0.00204. The molecule has 1 aromatic rings. The number of hydrogen-bond donors (Lipinski definition) is 2. The van der Waals surface area contributed by atoms with Crippen molar-refractivity contribution in [3.8, 4) is 0 Å². The van der Waals surface area contributed by atoms with Gasteiger partial charge in [0, 0.05) is 26.3 Å². The van der Waals surface area contributed by atoms with Crippen molar-refractivity contribution in [3.63, 3.8) is 0 Å². The predicted molar refractivity (Wildman–Crippen MR) is 81.9 cm³/mol. The van der Waals surface area contributed by atoms with E-state index in [1.807, 2.05) is 20.9 Å². The van der Waals surface area contributed by atoms with Crippen LogP contribution in [0.1, 0.15) is 24.3 Å². The quantitative estimate of drug-likeness (QED) is 0.768. The summed E-state index contributed by atoms with van der Waals surface area (Å²) in [5, 5.41) is 5.77. The third-order valence-electron chi connectivity index (χ3n) is 3.19. The molecule has 0 radical (unpaired) electrons. The second-order valence-electron chi connectivity index (χ2n) is 5.27. The van der Waals surface area contributed by atoms with Crippen LogP contribution < -0.4 is 10.6 Å². The fourth-order valence-corrected chi connectivity index (χ4v) is 1.85. The van der Waals surface area contributed by atoms with Gasteiger partial charge < -0.3 is 15.5 Å². The van der Waals surface area contributed by atoms with E-state index in [1.165, 1.54) is 0 Å². The summed E-state index contributed by atoms with van der Waals surface area (Å²) in [6, 6.07) is 4.56. The zero-order valence-corrected chi connectivity index (χ0v) is 13.1. The van der Waals surface area contributed by atoms with Gasteiger partial charge in [-0.15, -0.1) is 0 Å². The topological polar surface area (TPSA) is 74.3 Å². The predicted octanol–water partition coefficient (Wildman–Crippen LogP) is 0.514. The molecule has 6 nitrogen and oxygen atoms in total. The average molecular weight is 292 g/mol. The summed E-state index contributed by atoms with van der Waals surface area (Å²) in [4.78, 5) is 30.2. The molecule has 1 heterocycles. The third-order valence-corrected chi connectivity index (χ3v) is 3.19. The molecule has 1 atom stereocenters. The average Bonchev–Trinajstić information content (AvgIpc) is 2.49. The highest BCUT2D eigenvalue weighted by Gasteiger charge is 2.27. The van der Waals surface area contributed by atoms with Gasteiger partial charge >= 0.3 is 0 Å². The Morgan fingerprint density at radius 3 is 2.57 bits per heavy atom. The Labute approximate surface area is 125 Å². The van der Waals surface area contributed by atoms with Crippen molar-refractivity contribution in [2.75, 3.05) is 27.2 Å². The normalized spacial score (nSPS) is 12.0. The van der Waals surface area contributed by atoms with Crippen molar-refractivity contribution in [1.82, 2.24) is 20.5 Å². The Hall–Kier alpha value is -1.95. The van der Waals surface area contributed by atoms with Crippen LogP contribution in [0.2, 0.25) is 0 Å². The van der Waals surface area contributed by atoms with Crippen LogP contribution in [-0.4, -0.2) is 54.9 Å². The largest absolute Gasteiger partial charge is 0.343 e. The number of aromatic nitrogens is 1. The molecule has 21 heavy (non-hydrogen) atoms. The molecule has 116 valence electrons. The van der Waals surface area contributed by atoms with Gasteiger partial charge in [-0.05, 0) is 25.1 Å². The van der Waals surface area contributed by atoms with Crippen LogP contribution in [0.25, 0.3) is 0 Å². The van der Waals surface area contributed by atoms with E-state index in [4.69, 9.17) is 0 Å². The highest BCUT2D eigenvalue weighted by Crippen LogP contribution is 2.07. The molecule has 0 aliphatic rings. The molecule has 2 N–H and O–H groups in total. The van der Waals surface area contributed by atoms with E-state index in [9.17, 15) is 9.59 Å². The maximum Gasteiger partial charge on any atom is 0.270 e. The number of amides is 2. The van der Waals surface area contributed by atoms with Crippen LogP contribution >= 0.6 is 0 Å². The molecule has 1 rings (SSSR count). The highest BCUT2D eigenvalue weighted by molar-refractivity contribution is 5.96. The number of carbonyl (C=O) groups excluding carboxylic acids is 2. The Morgan fingerprint density at radius 2 is 2.05 bits per heavy atom. The van der Waals surface area contributed by atoms with Crippen molar-refractivity contribution in [1.29, 1.82) is 0 Å². The van der Waals surface area contributed by atoms with E-state index in [2.05, 4.69) is 15.6 Å². The van der Waals surface area contributed by atoms with Gasteiger partial charge in [-0.2, -0.15) is 0 Å². The number of likely N-dealkylation sites (N-methyl/N-ethyl adjacent to an activating group) is 2. The summed E-state index contributed by atoms with van der Waals surface area (Å²) in [5.74, 6) is -0.420. The lowest BCUT2D eigenvalue weighted by Crippen LogP contribution is -2.51. The van der Waals surface area contributed by atoms with Crippen LogP contribution in [0.15, 0.2) is 24.4 Å². The monoisotopic (exact) mass is 292 g/mol. The molecule has 0 saturated heterocycles. The van der Waals surface area contributed by atoms with E-state index in [1.54, 1.807) is 36.3 Å². The fourth-order valence-electron chi connectivity index (χ4n) is 1.85. The van der Waals surface area contributed by atoms with Crippen molar-refractivity contribution in [2.45, 2.75) is 19.9 Å². The van der Waals surface area contributed by atoms with E-state index in [0.717, 1.165) is 0 Å². The van der Waals surface area contributed by atoms with Crippen LogP contribution in [0.5, 0.6) is 0 Å². The van der Waals surface area contributed by atoms with Crippen molar-refractivity contribution in [3.05, 3.63) is 30.1 Å². The van der Waals surface area contributed by atoms with Crippen LogP contribution in [-0.2, 0) is 4.79 Å². The van der Waals surface area contributed by atoms with Gasteiger partial charge in [0.05, 0.1) is 0 Å². The molecule has 0 fully saturated rings. The lowest BCUT2D eigenvalue weighted by atomic mass is 10.0. The Bertz CT molecular complexity index is 462. The van der Waals surface area contributed by atoms with Gasteiger partial charge in [0.2, 0.25) is 5.91 Å². The number of nitrogens with one attached hydrogen (secondary N) is 2. The number of rotatable bonds is 7. The first-order chi connectivity index (χ1) is 9.97. The summed E-state index contributed by atoms with van der Waals surface area (Å²) in [6.07, 6.45) is 1.56. The molecule has 2 amide bonds. The summed E-state index contributed by atoms with van der Waals surface area (Å²) < 4.78 is 0. The van der Waals surface area contributed by atoms with Gasteiger partial charge in [-0.1, -0.05) is 19.9 Å². The number of hydrogen-bond acceptors (Lipinski definition) is 4. The van der Waals surface area contributed by atoms with Gasteiger partial charge in [-0.25, -0.2) is 0 Å². The molecule has 6 heteroatoms. The molecule has 0 bridgehead atoms. The lowest BCUT2D eigenvalue weighted by Gasteiger charge is -2.27. The van der Waals surface area contributed by atoms with Gasteiger partial charge in [0.25, 0.3) is 5.91 Å². The third kappa shape index (κ3) is 5.15. The first-order valence-corrected chi connectivity index (χ1v) is 7.08. The summed E-state index contributed by atoms with van der Waals surface area (Å²) in [5.41, 5.74) is 0.314. The SMILES string of the molecule is CNCCN(C)C(=O)C(NC(=O)c1ccccn1)C(C)C. The molecule has 0 spiro atoms. The van der Waals surface area contributed by atoms with E-state index in [0.29, 0.717) is 18.8 Å². The Balaban J connectivity index is 2.74. The van der Waals surface area contributed by atoms with Crippen LogP contribution in [0, 0.1) is 5.92 Å². The summed E-state index contributed by atoms with van der Waals surface area (Å²) in [7, 11) is 3.57. The molecular formula is C15H24N4O2. The highest BCUT2D eigenvalue weighted by atomic mass is 16.2. The molecule has 1 aromatic heterocycles. The van der Waals surface area contributed by atoms with Crippen molar-refractivity contribution < 1.29 is 9.59 Å².